The highest BCUT2D eigenvalue weighted by atomic mass is 16.7. The molecule has 1 rings (SSSR count). The first-order valence-electron chi connectivity index (χ1n) is 29.8. The van der Waals surface area contributed by atoms with Gasteiger partial charge in [0.05, 0.1) is 24.7 Å². The van der Waals surface area contributed by atoms with E-state index in [1.54, 1.807) is 0 Å². The molecule has 0 bridgehead atoms. The maximum absolute atomic E-state index is 13.2. The molecule has 0 fully saturated rings. The summed E-state index contributed by atoms with van der Waals surface area (Å²) in [4.78, 5) is 40.9. The van der Waals surface area contributed by atoms with E-state index in [0.717, 1.165) is 116 Å². The normalized spacial score (nSPS) is 14.9. The van der Waals surface area contributed by atoms with Gasteiger partial charge in [0.2, 0.25) is 0 Å². The Bertz CT molecular complexity index is 1350. The van der Waals surface area contributed by atoms with Crippen LogP contribution in [0.4, 0.5) is 4.79 Å². The van der Waals surface area contributed by atoms with E-state index in [2.05, 4.69) is 80.9 Å². The maximum Gasteiger partial charge on any atom is 0.407 e. The molecule has 1 N–H and O–H groups in total. The molecule has 72 heavy (non-hydrogen) atoms. The van der Waals surface area contributed by atoms with Crippen molar-refractivity contribution in [2.45, 2.75) is 258 Å². The van der Waals surface area contributed by atoms with Crippen LogP contribution in [0.5, 0.6) is 0 Å². The molecular formula is C61H110N2O9. The minimum absolute atomic E-state index is 0.0208. The van der Waals surface area contributed by atoms with Gasteiger partial charge in [0, 0.05) is 39.0 Å². The molecule has 1 aliphatic rings. The maximum atomic E-state index is 13.2. The smallest absolute Gasteiger partial charge is 0.407 e. The summed E-state index contributed by atoms with van der Waals surface area (Å²) in [5.41, 5.74) is 0. The van der Waals surface area contributed by atoms with Crippen LogP contribution in [0, 0.1) is 5.92 Å². The second-order valence-electron chi connectivity index (χ2n) is 20.1. The van der Waals surface area contributed by atoms with Gasteiger partial charge in [-0.2, -0.15) is 0 Å². The van der Waals surface area contributed by atoms with Crippen LogP contribution in [0.3, 0.4) is 0 Å². The van der Waals surface area contributed by atoms with Crippen molar-refractivity contribution in [3.63, 3.8) is 0 Å². The zero-order valence-corrected chi connectivity index (χ0v) is 46.9. The van der Waals surface area contributed by atoms with Crippen LogP contribution in [0.1, 0.15) is 246 Å². The number of nitrogens with zero attached hydrogens (tertiary/aromatic N) is 1. The van der Waals surface area contributed by atoms with Gasteiger partial charge in [0.1, 0.15) is 19.3 Å². The van der Waals surface area contributed by atoms with E-state index in [4.69, 9.17) is 28.4 Å². The number of allylic oxidation sites excluding steroid dienone is 7. The number of esters is 2. The summed E-state index contributed by atoms with van der Waals surface area (Å²) in [6.07, 6.45) is 47.8. The number of rotatable bonds is 50. The first-order chi connectivity index (χ1) is 35.3. The molecule has 0 aromatic heterocycles. The minimum Gasteiger partial charge on any atom is -0.498 e. The largest absolute Gasteiger partial charge is 0.498 e. The highest BCUT2D eigenvalue weighted by Gasteiger charge is 2.20. The van der Waals surface area contributed by atoms with E-state index >= 15 is 0 Å². The number of carbonyl (C=O) groups excluding carboxylic acids is 3. The van der Waals surface area contributed by atoms with Crippen molar-refractivity contribution in [1.82, 2.24) is 10.2 Å². The second kappa shape index (κ2) is 51.3. The molecule has 0 saturated carbocycles. The number of unbranched alkanes of at least 4 members (excludes halogenated alkanes) is 18. The molecule has 0 aromatic carbocycles. The van der Waals surface area contributed by atoms with Crippen molar-refractivity contribution >= 4 is 18.0 Å². The molecule has 2 unspecified atom stereocenters. The predicted molar refractivity (Wildman–Crippen MR) is 298 cm³/mol. The molecule has 1 amide bonds. The number of carbonyl (C=O) groups is 3. The van der Waals surface area contributed by atoms with E-state index in [0.29, 0.717) is 38.4 Å². The summed E-state index contributed by atoms with van der Waals surface area (Å²) in [5.74, 6) is -0.242. The number of ether oxygens (including phenoxy) is 6. The summed E-state index contributed by atoms with van der Waals surface area (Å²) in [5, 5.41) is 2.91. The lowest BCUT2D eigenvalue weighted by Gasteiger charge is -2.21. The van der Waals surface area contributed by atoms with Gasteiger partial charge < -0.3 is 38.6 Å². The molecule has 0 heterocycles. The molecule has 0 spiro atoms. The second-order valence-corrected chi connectivity index (χ2v) is 20.1. The van der Waals surface area contributed by atoms with E-state index < -0.39 is 6.29 Å². The summed E-state index contributed by atoms with van der Waals surface area (Å²) >= 11 is 0. The predicted octanol–water partition coefficient (Wildman–Crippen LogP) is 16.0. The van der Waals surface area contributed by atoms with Crippen LogP contribution in [0.25, 0.3) is 0 Å². The van der Waals surface area contributed by atoms with Crippen LogP contribution < -0.4 is 5.32 Å². The van der Waals surface area contributed by atoms with Crippen LogP contribution in [-0.4, -0.2) is 94.5 Å². The quantitative estimate of drug-likeness (QED) is 0.0157. The number of alkyl carbamates (subject to hydrolysis) is 1. The lowest BCUT2D eigenvalue weighted by atomic mass is 10.0. The Morgan fingerprint density at radius 2 is 1.14 bits per heavy atom. The third-order valence-electron chi connectivity index (χ3n) is 13.3. The Balaban J connectivity index is 2.61. The van der Waals surface area contributed by atoms with Gasteiger partial charge in [0.15, 0.2) is 6.29 Å². The third-order valence-corrected chi connectivity index (χ3v) is 13.3. The van der Waals surface area contributed by atoms with Gasteiger partial charge in [0.25, 0.3) is 0 Å². The molecule has 418 valence electrons. The van der Waals surface area contributed by atoms with Crippen molar-refractivity contribution < 1.29 is 42.8 Å². The Kier molecular flexibility index (Phi) is 47.7. The van der Waals surface area contributed by atoms with Crippen LogP contribution >= 0.6 is 0 Å². The molecule has 0 aliphatic heterocycles. The molecule has 0 radical (unpaired) electrons. The Morgan fingerprint density at radius 3 is 1.79 bits per heavy atom. The fourth-order valence-electron chi connectivity index (χ4n) is 8.60. The Labute approximate surface area is 441 Å². The standard InChI is InChI=1S/C61H110N2O9/c1-6-10-13-16-19-20-21-22-23-24-25-26-27-29-34-41-55(5)69-52-56(54-71-59(65)45-46-60(67-50-37-32-17-14-11-7-2)68-51-38-33-18-15-12-8-3)53-70-58(64)44-39-48-63(9-4)49-40-47-62-61(66)72-57-42-35-30-28-31-36-43-57/h19-20,22-23,28,30,56-57,60H,5-18,21,24-27,29,31-54H2,1-4H3,(H,62,66)/b20-19-,23-22-,30-28+. The van der Waals surface area contributed by atoms with Crippen LogP contribution in [0.15, 0.2) is 48.8 Å². The Hall–Kier alpha value is -3.15. The van der Waals surface area contributed by atoms with Crippen LogP contribution in [-0.2, 0) is 38.0 Å². The lowest BCUT2D eigenvalue weighted by Crippen LogP contribution is -2.33. The zero-order valence-electron chi connectivity index (χ0n) is 46.9. The van der Waals surface area contributed by atoms with Crippen molar-refractivity contribution in [2.24, 2.45) is 5.92 Å². The average molecular weight is 1020 g/mol. The monoisotopic (exact) mass is 1010 g/mol. The fraction of sp³-hybridized carbons (Fsp3) is 0.820. The Morgan fingerprint density at radius 1 is 0.597 bits per heavy atom. The zero-order chi connectivity index (χ0) is 52.2. The first-order valence-corrected chi connectivity index (χ1v) is 29.8. The summed E-state index contributed by atoms with van der Waals surface area (Å²) < 4.78 is 35.7. The number of hydrogen-bond donors (Lipinski definition) is 1. The van der Waals surface area contributed by atoms with E-state index in [1.165, 1.54) is 96.3 Å². The average Bonchev–Trinajstić information content (AvgIpc) is 3.37. The third kappa shape index (κ3) is 44.3. The van der Waals surface area contributed by atoms with Gasteiger partial charge in [-0.25, -0.2) is 4.79 Å². The first kappa shape index (κ1) is 66.9. The number of hydrogen-bond acceptors (Lipinski definition) is 10. The highest BCUT2D eigenvalue weighted by Crippen LogP contribution is 2.18. The van der Waals surface area contributed by atoms with E-state index in [-0.39, 0.29) is 62.7 Å². The van der Waals surface area contributed by atoms with Gasteiger partial charge in [-0.1, -0.05) is 167 Å². The highest BCUT2D eigenvalue weighted by molar-refractivity contribution is 5.70. The summed E-state index contributed by atoms with van der Waals surface area (Å²) in [7, 11) is 0. The van der Waals surface area contributed by atoms with Gasteiger partial charge >= 0.3 is 18.0 Å². The number of amides is 1. The van der Waals surface area contributed by atoms with Crippen molar-refractivity contribution in [1.29, 1.82) is 0 Å². The molecule has 0 saturated heterocycles. The SMILES string of the molecule is C=C(CCCCCCC/C=C\C/C=C\CCCCC)OCC(COC(=O)CCCN(CC)CCCNC(=O)OC1CC/C=C/CCC1)COC(=O)CCC(OCCCCCCCC)OCCCCCCCC. The van der Waals surface area contributed by atoms with Crippen molar-refractivity contribution in [2.75, 3.05) is 59.2 Å². The lowest BCUT2D eigenvalue weighted by molar-refractivity contribution is -0.161. The molecule has 2 atom stereocenters. The van der Waals surface area contributed by atoms with Gasteiger partial charge in [-0.05, 0) is 116 Å². The number of nitrogens with one attached hydrogen (secondary N) is 1. The topological polar surface area (TPSA) is 122 Å². The van der Waals surface area contributed by atoms with Crippen molar-refractivity contribution in [3.8, 4) is 0 Å². The molecule has 11 heteroatoms. The fourth-order valence-corrected chi connectivity index (χ4v) is 8.60. The molecule has 0 aromatic rings. The van der Waals surface area contributed by atoms with E-state index in [1.807, 2.05) is 0 Å². The van der Waals surface area contributed by atoms with Crippen molar-refractivity contribution in [3.05, 3.63) is 48.8 Å². The van der Waals surface area contributed by atoms with Gasteiger partial charge in [-0.3, -0.25) is 9.59 Å². The molecule has 1 aliphatic carbocycles. The van der Waals surface area contributed by atoms with Crippen LogP contribution in [0.2, 0.25) is 0 Å². The molecular weight excluding hydrogens is 905 g/mol. The molecule has 11 nitrogen and oxygen atoms in total. The van der Waals surface area contributed by atoms with Gasteiger partial charge in [-0.15, -0.1) is 0 Å². The summed E-state index contributed by atoms with van der Waals surface area (Å²) in [6, 6.07) is 0. The minimum atomic E-state index is -0.441. The summed E-state index contributed by atoms with van der Waals surface area (Å²) in [6.45, 7) is 17.6. The van der Waals surface area contributed by atoms with E-state index in [9.17, 15) is 14.4 Å².